The Balaban J connectivity index is 2.37. The molecule has 0 atom stereocenters. The van der Waals surface area contributed by atoms with E-state index in [9.17, 15) is 17.6 Å². The lowest BCUT2D eigenvalue weighted by atomic mass is 10.2. The van der Waals surface area contributed by atoms with Gasteiger partial charge in [0.1, 0.15) is 5.82 Å². The van der Waals surface area contributed by atoms with Crippen molar-refractivity contribution in [2.45, 2.75) is 0 Å². The van der Waals surface area contributed by atoms with Crippen LogP contribution >= 0.6 is 0 Å². The monoisotopic (exact) mass is 256 g/mol. The van der Waals surface area contributed by atoms with E-state index >= 15 is 0 Å². The fourth-order valence-corrected chi connectivity index (χ4v) is 1.46. The minimum atomic E-state index is -1.59. The van der Waals surface area contributed by atoms with Gasteiger partial charge in [0.25, 0.3) is 0 Å². The number of nitrogens with two attached hydrogens (primary N) is 1. The highest BCUT2D eigenvalue weighted by atomic mass is 19.2. The largest absolute Gasteiger partial charge is 0.399 e. The van der Waals surface area contributed by atoms with Gasteiger partial charge in [0.2, 0.25) is 0 Å². The van der Waals surface area contributed by atoms with E-state index in [1.54, 1.807) is 0 Å². The second-order valence-electron chi connectivity index (χ2n) is 3.62. The molecule has 94 valence electrons. The number of rotatable bonds is 2. The van der Waals surface area contributed by atoms with E-state index in [0.717, 1.165) is 24.3 Å². The third-order valence-corrected chi connectivity index (χ3v) is 2.23. The zero-order valence-electron chi connectivity index (χ0n) is 8.98. The molecule has 2 rings (SSSR count). The van der Waals surface area contributed by atoms with E-state index in [2.05, 4.69) is 5.32 Å². The Morgan fingerprint density at radius 2 is 1.61 bits per heavy atom. The summed E-state index contributed by atoms with van der Waals surface area (Å²) in [6.07, 6.45) is 0. The van der Waals surface area contributed by atoms with E-state index < -0.39 is 23.3 Å². The highest BCUT2D eigenvalue weighted by molar-refractivity contribution is 5.64. The minimum absolute atomic E-state index is 0.125. The van der Waals surface area contributed by atoms with Gasteiger partial charge >= 0.3 is 0 Å². The summed E-state index contributed by atoms with van der Waals surface area (Å²) >= 11 is 0. The smallest absolute Gasteiger partial charge is 0.196 e. The summed E-state index contributed by atoms with van der Waals surface area (Å²) in [6, 6.07) is 5.24. The third-order valence-electron chi connectivity index (χ3n) is 2.23. The molecule has 0 saturated carbocycles. The van der Waals surface area contributed by atoms with Crippen molar-refractivity contribution in [3.05, 3.63) is 53.6 Å². The Kier molecular flexibility index (Phi) is 3.10. The van der Waals surface area contributed by atoms with Crippen LogP contribution in [0.15, 0.2) is 30.3 Å². The summed E-state index contributed by atoms with van der Waals surface area (Å²) in [6.45, 7) is 0. The molecule has 2 aromatic carbocycles. The van der Waals surface area contributed by atoms with Gasteiger partial charge in [0.05, 0.1) is 5.69 Å². The molecule has 0 bridgehead atoms. The van der Waals surface area contributed by atoms with Gasteiger partial charge in [-0.15, -0.1) is 0 Å². The van der Waals surface area contributed by atoms with Gasteiger partial charge in [-0.2, -0.15) is 0 Å². The van der Waals surface area contributed by atoms with Crippen LogP contribution in [0.25, 0.3) is 0 Å². The molecule has 0 unspecified atom stereocenters. The van der Waals surface area contributed by atoms with Gasteiger partial charge in [-0.1, -0.05) is 0 Å². The Bertz CT molecular complexity index is 579. The topological polar surface area (TPSA) is 38.0 Å². The van der Waals surface area contributed by atoms with Crippen LogP contribution in [0.1, 0.15) is 0 Å². The van der Waals surface area contributed by atoms with Gasteiger partial charge in [-0.25, -0.2) is 17.6 Å². The van der Waals surface area contributed by atoms with Crippen molar-refractivity contribution in [3.8, 4) is 0 Å². The van der Waals surface area contributed by atoms with Crippen molar-refractivity contribution in [2.24, 2.45) is 0 Å². The van der Waals surface area contributed by atoms with E-state index in [4.69, 9.17) is 5.73 Å². The van der Waals surface area contributed by atoms with Crippen molar-refractivity contribution in [2.75, 3.05) is 11.1 Å². The molecule has 0 aliphatic carbocycles. The summed E-state index contributed by atoms with van der Waals surface area (Å²) in [4.78, 5) is 0. The molecule has 0 radical (unpaired) electrons. The molecule has 0 aliphatic heterocycles. The van der Waals surface area contributed by atoms with E-state index in [1.807, 2.05) is 0 Å². The summed E-state index contributed by atoms with van der Waals surface area (Å²) in [5.41, 5.74) is 5.35. The summed E-state index contributed by atoms with van der Waals surface area (Å²) in [7, 11) is 0. The van der Waals surface area contributed by atoms with Crippen molar-refractivity contribution < 1.29 is 17.6 Å². The lowest BCUT2D eigenvalue weighted by Crippen LogP contribution is -1.99. The van der Waals surface area contributed by atoms with Crippen LogP contribution in [0.2, 0.25) is 0 Å². The Hall–Kier alpha value is -2.24. The number of anilines is 3. The zero-order chi connectivity index (χ0) is 13.3. The van der Waals surface area contributed by atoms with E-state index in [1.165, 1.54) is 6.07 Å². The molecule has 18 heavy (non-hydrogen) atoms. The highest BCUT2D eigenvalue weighted by Gasteiger charge is 2.13. The van der Waals surface area contributed by atoms with Crippen molar-refractivity contribution in [1.29, 1.82) is 0 Å². The predicted molar refractivity (Wildman–Crippen MR) is 60.4 cm³/mol. The minimum Gasteiger partial charge on any atom is -0.399 e. The number of halogens is 4. The second kappa shape index (κ2) is 4.56. The van der Waals surface area contributed by atoms with Crippen LogP contribution < -0.4 is 11.1 Å². The number of hydrogen-bond donors (Lipinski definition) is 2. The van der Waals surface area contributed by atoms with Gasteiger partial charge in [0, 0.05) is 11.4 Å². The first-order chi connectivity index (χ1) is 8.47. The van der Waals surface area contributed by atoms with Crippen LogP contribution in [0, 0.1) is 23.3 Å². The quantitative estimate of drug-likeness (QED) is 0.489. The van der Waals surface area contributed by atoms with Crippen LogP contribution in [0.3, 0.4) is 0 Å². The summed E-state index contributed by atoms with van der Waals surface area (Å²) in [5, 5.41) is 2.42. The average Bonchev–Trinajstić information content (AvgIpc) is 2.29. The first kappa shape index (κ1) is 12.2. The number of nitrogen functional groups attached to an aromatic ring is 1. The molecule has 0 aromatic heterocycles. The van der Waals surface area contributed by atoms with Gasteiger partial charge in [-0.05, 0) is 30.3 Å². The number of hydrogen-bond acceptors (Lipinski definition) is 2. The van der Waals surface area contributed by atoms with E-state index in [-0.39, 0.29) is 17.1 Å². The first-order valence-electron chi connectivity index (χ1n) is 4.94. The van der Waals surface area contributed by atoms with E-state index in [0.29, 0.717) is 0 Å². The standard InChI is InChI=1S/C12H8F4N2/c13-6-3-7(17)5-8(4-6)18-10-2-1-9(14)11(15)12(10)16/h1-5,18H,17H2. The normalized spacial score (nSPS) is 10.4. The Morgan fingerprint density at radius 3 is 2.28 bits per heavy atom. The third kappa shape index (κ3) is 2.37. The highest BCUT2D eigenvalue weighted by Crippen LogP contribution is 2.25. The lowest BCUT2D eigenvalue weighted by molar-refractivity contribution is 0.449. The molecule has 6 heteroatoms. The summed E-state index contributed by atoms with van der Waals surface area (Å²) < 4.78 is 52.0. The molecule has 0 amide bonds. The maximum absolute atomic E-state index is 13.3. The van der Waals surface area contributed by atoms with Gasteiger partial charge in [-0.3, -0.25) is 0 Å². The second-order valence-corrected chi connectivity index (χ2v) is 3.62. The molecule has 2 nitrogen and oxygen atoms in total. The molecule has 0 aliphatic rings. The number of nitrogens with one attached hydrogen (secondary N) is 1. The molecule has 0 saturated heterocycles. The molecular formula is C12H8F4N2. The van der Waals surface area contributed by atoms with Crippen molar-refractivity contribution in [3.63, 3.8) is 0 Å². The van der Waals surface area contributed by atoms with Crippen LogP contribution in [-0.4, -0.2) is 0 Å². The fraction of sp³-hybridized carbons (Fsp3) is 0. The van der Waals surface area contributed by atoms with Gasteiger partial charge < -0.3 is 11.1 Å². The van der Waals surface area contributed by atoms with Crippen molar-refractivity contribution >= 4 is 17.1 Å². The molecule has 0 spiro atoms. The van der Waals surface area contributed by atoms with Crippen molar-refractivity contribution in [1.82, 2.24) is 0 Å². The molecule has 2 aromatic rings. The van der Waals surface area contributed by atoms with Gasteiger partial charge in [0.15, 0.2) is 17.5 Å². The fourth-order valence-electron chi connectivity index (χ4n) is 1.46. The Morgan fingerprint density at radius 1 is 0.889 bits per heavy atom. The molecule has 3 N–H and O–H groups in total. The van der Waals surface area contributed by atoms with Crippen LogP contribution in [-0.2, 0) is 0 Å². The molecular weight excluding hydrogens is 248 g/mol. The van der Waals surface area contributed by atoms with Crippen LogP contribution in [0.4, 0.5) is 34.6 Å². The maximum Gasteiger partial charge on any atom is 0.196 e. The molecule has 0 fully saturated rings. The maximum atomic E-state index is 13.3. The predicted octanol–water partition coefficient (Wildman–Crippen LogP) is 3.57. The first-order valence-corrected chi connectivity index (χ1v) is 4.94. The Labute approximate surface area is 100 Å². The number of benzene rings is 2. The lowest BCUT2D eigenvalue weighted by Gasteiger charge is -2.09. The molecule has 0 heterocycles. The summed E-state index contributed by atoms with van der Waals surface area (Å²) in [5.74, 6) is -4.89. The average molecular weight is 256 g/mol. The van der Waals surface area contributed by atoms with Crippen LogP contribution in [0.5, 0.6) is 0 Å². The zero-order valence-corrected chi connectivity index (χ0v) is 8.98. The SMILES string of the molecule is Nc1cc(F)cc(Nc2ccc(F)c(F)c2F)c1.